The van der Waals surface area contributed by atoms with Gasteiger partial charge < -0.3 is 13.9 Å². The topological polar surface area (TPSA) is 73.1 Å². The first kappa shape index (κ1) is 18.2. The second-order valence-corrected chi connectivity index (χ2v) is 7.56. The van der Waals surface area contributed by atoms with Gasteiger partial charge in [0.25, 0.3) is 0 Å². The van der Waals surface area contributed by atoms with Gasteiger partial charge in [-0.15, -0.1) is 0 Å². The van der Waals surface area contributed by atoms with Crippen molar-refractivity contribution >= 4 is 15.7 Å². The molecule has 0 radical (unpaired) electrons. The number of ether oxygens (including phenoxy) is 2. The zero-order valence-corrected chi connectivity index (χ0v) is 15.7. The van der Waals surface area contributed by atoms with Crippen LogP contribution in [0.25, 0.3) is 5.65 Å². The van der Waals surface area contributed by atoms with Crippen LogP contribution in [0.15, 0.2) is 53.7 Å². The molecule has 0 aliphatic rings. The third kappa shape index (κ3) is 3.25. The summed E-state index contributed by atoms with van der Waals surface area (Å²) in [5.41, 5.74) is 1.58. The van der Waals surface area contributed by atoms with E-state index in [9.17, 15) is 8.42 Å². The fourth-order valence-electron chi connectivity index (χ4n) is 2.78. The molecule has 0 fully saturated rings. The molecule has 26 heavy (non-hydrogen) atoms. The van der Waals surface area contributed by atoms with Crippen LogP contribution in [0.4, 0.5) is 0 Å². The summed E-state index contributed by atoms with van der Waals surface area (Å²) in [6.45, 7) is 2.36. The Labute approximate surface area is 152 Å². The quantitative estimate of drug-likeness (QED) is 0.635. The molecule has 0 N–H and O–H groups in total. The lowest BCUT2D eigenvalue weighted by molar-refractivity contribution is 0.353. The van der Waals surface area contributed by atoms with Crippen molar-refractivity contribution in [2.24, 2.45) is 0 Å². The minimum Gasteiger partial charge on any atom is -0.493 e. The highest BCUT2D eigenvalue weighted by molar-refractivity contribution is 7.89. The Hall–Kier alpha value is -2.58. The third-order valence-corrected chi connectivity index (χ3v) is 6.09. The van der Waals surface area contributed by atoms with Gasteiger partial charge in [-0.2, -0.15) is 4.31 Å². The lowest BCUT2D eigenvalue weighted by Crippen LogP contribution is -2.31. The van der Waals surface area contributed by atoms with Crippen molar-refractivity contribution in [3.05, 3.63) is 54.5 Å². The number of methoxy groups -OCH3 is 2. The first-order valence-electron chi connectivity index (χ1n) is 8.14. The van der Waals surface area contributed by atoms with Crippen LogP contribution < -0.4 is 9.47 Å². The fourth-order valence-corrected chi connectivity index (χ4v) is 4.21. The molecule has 8 heteroatoms. The molecule has 0 saturated carbocycles. The number of aromatic nitrogens is 2. The van der Waals surface area contributed by atoms with Crippen molar-refractivity contribution in [1.82, 2.24) is 13.7 Å². The van der Waals surface area contributed by atoms with E-state index in [0.717, 1.165) is 11.3 Å². The number of rotatable bonds is 7. The minimum atomic E-state index is -3.70. The second kappa shape index (κ2) is 7.35. The fraction of sp³-hybridized carbons (Fsp3) is 0.278. The number of sulfonamides is 1. The van der Waals surface area contributed by atoms with E-state index >= 15 is 0 Å². The highest BCUT2D eigenvalue weighted by atomic mass is 32.2. The molecule has 0 spiro atoms. The van der Waals surface area contributed by atoms with Crippen molar-refractivity contribution < 1.29 is 17.9 Å². The van der Waals surface area contributed by atoms with Gasteiger partial charge in [0.2, 0.25) is 10.0 Å². The second-order valence-electron chi connectivity index (χ2n) is 5.63. The van der Waals surface area contributed by atoms with Gasteiger partial charge in [0.05, 0.1) is 37.6 Å². The van der Waals surface area contributed by atoms with Crippen molar-refractivity contribution in [3.8, 4) is 11.5 Å². The van der Waals surface area contributed by atoms with Crippen molar-refractivity contribution in [2.75, 3.05) is 20.8 Å². The Bertz CT molecular complexity index is 1010. The van der Waals surface area contributed by atoms with Crippen LogP contribution in [-0.2, 0) is 16.6 Å². The zero-order valence-electron chi connectivity index (χ0n) is 14.9. The van der Waals surface area contributed by atoms with Gasteiger partial charge in [0.1, 0.15) is 5.65 Å². The Kier molecular flexibility index (Phi) is 5.15. The summed E-state index contributed by atoms with van der Waals surface area (Å²) in [6.07, 6.45) is 3.57. The van der Waals surface area contributed by atoms with Gasteiger partial charge in [0.15, 0.2) is 11.5 Å². The van der Waals surface area contributed by atoms with Crippen LogP contribution in [0.5, 0.6) is 11.5 Å². The van der Waals surface area contributed by atoms with Crippen molar-refractivity contribution in [1.29, 1.82) is 0 Å². The molecule has 0 aliphatic carbocycles. The summed E-state index contributed by atoms with van der Waals surface area (Å²) in [4.78, 5) is 4.47. The van der Waals surface area contributed by atoms with Gasteiger partial charge in [-0.05, 0) is 24.3 Å². The maximum atomic E-state index is 13.1. The Morgan fingerprint density at radius 1 is 1.12 bits per heavy atom. The smallest absolute Gasteiger partial charge is 0.243 e. The van der Waals surface area contributed by atoms with E-state index in [0.29, 0.717) is 18.0 Å². The molecular weight excluding hydrogens is 354 g/mol. The predicted octanol–water partition coefficient (Wildman–Crippen LogP) is 2.56. The minimum absolute atomic E-state index is 0.158. The van der Waals surface area contributed by atoms with Gasteiger partial charge in [0, 0.05) is 18.8 Å². The van der Waals surface area contributed by atoms with Crippen molar-refractivity contribution in [3.63, 3.8) is 0 Å². The summed E-state index contributed by atoms with van der Waals surface area (Å²) < 4.78 is 39.9. The molecule has 3 rings (SSSR count). The summed E-state index contributed by atoms with van der Waals surface area (Å²) >= 11 is 0. The van der Waals surface area contributed by atoms with E-state index in [1.54, 1.807) is 12.3 Å². The average Bonchev–Trinajstić information content (AvgIpc) is 3.08. The predicted molar refractivity (Wildman–Crippen MR) is 98.0 cm³/mol. The monoisotopic (exact) mass is 375 g/mol. The van der Waals surface area contributed by atoms with Crippen LogP contribution in [0, 0.1) is 0 Å². The maximum Gasteiger partial charge on any atom is 0.243 e. The molecule has 0 amide bonds. The molecule has 138 valence electrons. The van der Waals surface area contributed by atoms with Gasteiger partial charge in [-0.3, -0.25) is 0 Å². The number of hydrogen-bond acceptors (Lipinski definition) is 5. The molecule has 1 aromatic carbocycles. The normalized spacial score (nSPS) is 11.8. The van der Waals surface area contributed by atoms with Gasteiger partial charge >= 0.3 is 0 Å². The van der Waals surface area contributed by atoms with Crippen LogP contribution >= 0.6 is 0 Å². The van der Waals surface area contributed by atoms with Crippen LogP contribution in [0.1, 0.15) is 12.6 Å². The first-order valence-corrected chi connectivity index (χ1v) is 9.58. The van der Waals surface area contributed by atoms with Crippen molar-refractivity contribution in [2.45, 2.75) is 18.4 Å². The number of pyridine rings is 1. The molecule has 3 aromatic rings. The Morgan fingerprint density at radius 3 is 2.58 bits per heavy atom. The van der Waals surface area contributed by atoms with E-state index < -0.39 is 10.0 Å². The van der Waals surface area contributed by atoms with E-state index in [4.69, 9.17) is 9.47 Å². The molecule has 0 unspecified atom stereocenters. The molecule has 0 atom stereocenters. The molecule has 2 heterocycles. The zero-order chi connectivity index (χ0) is 18.7. The third-order valence-electron chi connectivity index (χ3n) is 4.18. The summed E-state index contributed by atoms with van der Waals surface area (Å²) in [5.74, 6) is 0.857. The molecular formula is C18H21N3O4S. The highest BCUT2D eigenvalue weighted by Crippen LogP contribution is 2.31. The number of benzene rings is 1. The van der Waals surface area contributed by atoms with Crippen LogP contribution in [-0.4, -0.2) is 42.9 Å². The summed E-state index contributed by atoms with van der Waals surface area (Å²) in [7, 11) is -0.711. The van der Waals surface area contributed by atoms with Crippen LogP contribution in [0.2, 0.25) is 0 Å². The lowest BCUT2D eigenvalue weighted by atomic mass is 10.3. The number of fused-ring (bicyclic) bond motifs is 1. The number of nitrogens with zero attached hydrogens (tertiary/aromatic N) is 3. The molecule has 7 nitrogen and oxygen atoms in total. The standard InChI is InChI=1S/C18H21N3O4S/c1-4-20(13-14-12-19-18-7-5-6-10-21(14)18)26(22,23)15-8-9-16(24-2)17(11-15)25-3/h5-12H,4,13H2,1-3H3. The molecule has 0 bridgehead atoms. The largest absolute Gasteiger partial charge is 0.493 e. The summed E-state index contributed by atoms with van der Waals surface area (Å²) in [5, 5.41) is 0. The Balaban J connectivity index is 1.96. The SMILES string of the molecule is CCN(Cc1cnc2ccccn12)S(=O)(=O)c1ccc(OC)c(OC)c1. The summed E-state index contributed by atoms with van der Waals surface area (Å²) in [6, 6.07) is 10.2. The molecule has 0 saturated heterocycles. The first-order chi connectivity index (χ1) is 12.5. The Morgan fingerprint density at radius 2 is 1.88 bits per heavy atom. The van der Waals surface area contributed by atoms with E-state index in [1.807, 2.05) is 35.7 Å². The number of imidazole rings is 1. The maximum absolute atomic E-state index is 13.1. The molecule has 2 aromatic heterocycles. The average molecular weight is 375 g/mol. The van der Waals surface area contributed by atoms with Crippen LogP contribution in [0.3, 0.4) is 0 Å². The highest BCUT2D eigenvalue weighted by Gasteiger charge is 2.25. The molecule has 0 aliphatic heterocycles. The number of hydrogen-bond donors (Lipinski definition) is 0. The van der Waals surface area contributed by atoms with Gasteiger partial charge in [-0.25, -0.2) is 13.4 Å². The van der Waals surface area contributed by atoms with E-state index in [1.165, 1.54) is 30.7 Å². The van der Waals surface area contributed by atoms with E-state index in [-0.39, 0.29) is 11.4 Å². The lowest BCUT2D eigenvalue weighted by Gasteiger charge is -2.21. The van der Waals surface area contributed by atoms with E-state index in [2.05, 4.69) is 4.98 Å². The van der Waals surface area contributed by atoms with Gasteiger partial charge in [-0.1, -0.05) is 13.0 Å².